The normalized spacial score (nSPS) is 18.3. The number of nitrogens with one attached hydrogen (secondary N) is 6. The monoisotopic (exact) mass is 870 g/mol. The fourth-order valence-corrected chi connectivity index (χ4v) is 4.92. The van der Waals surface area contributed by atoms with Crippen LogP contribution >= 0.6 is 116 Å². The van der Waals surface area contributed by atoms with Crippen molar-refractivity contribution >= 4 is 116 Å². The van der Waals surface area contributed by atoms with Gasteiger partial charge in [-0.15, -0.1) is 116 Å². The summed E-state index contributed by atoms with van der Waals surface area (Å²) in [7, 11) is 0. The largest absolute Gasteiger partial charge is 0.315 e. The second-order valence-electron chi connectivity index (χ2n) is 10.3. The molecule has 2 aliphatic rings. The maximum atomic E-state index is 3.63. The summed E-state index contributed by atoms with van der Waals surface area (Å²) in [6.07, 6.45) is 4.80. The zero-order valence-corrected chi connectivity index (χ0v) is 34.7. The third-order valence-corrected chi connectivity index (χ3v) is 7.07. The van der Waals surface area contributed by atoms with E-state index in [1.807, 2.05) is 0 Å². The third-order valence-electron chi connectivity index (χ3n) is 7.07. The molecule has 2 saturated heterocycles. The number of benzene rings is 1. The Hall–Kier alpha value is 1.70. The van der Waals surface area contributed by atoms with Gasteiger partial charge in [-0.2, -0.15) is 0 Å². The van der Waals surface area contributed by atoms with Crippen molar-refractivity contribution in [2.45, 2.75) is 38.8 Å². The molecule has 1 aromatic rings. The zero-order chi connectivity index (χ0) is 24.9. The van der Waals surface area contributed by atoms with Crippen molar-refractivity contribution in [3.05, 3.63) is 35.4 Å². The molecule has 0 bridgehead atoms. The van der Waals surface area contributed by atoms with Gasteiger partial charge in [-0.3, -0.25) is 9.80 Å². The molecule has 0 atom stereocenters. The minimum absolute atomic E-state index is 0. The van der Waals surface area contributed by atoms with E-state index in [9.17, 15) is 0 Å². The maximum absolute atomic E-state index is 3.63. The Labute approximate surface area is 334 Å². The average Bonchev–Trinajstić information content (AvgIpc) is 2.89. The van der Waals surface area contributed by atoms with Gasteiger partial charge in [0.05, 0.1) is 0 Å². The highest BCUT2D eigenvalue weighted by atomic mass is 79.9. The first-order chi connectivity index (χ1) is 17.9. The van der Waals surface area contributed by atoms with Gasteiger partial charge in [0, 0.05) is 65.4 Å². The van der Waals surface area contributed by atoms with Gasteiger partial charge in [-0.05, 0) is 89.2 Å². The minimum Gasteiger partial charge on any atom is -0.315 e. The minimum atomic E-state index is 0. The van der Waals surface area contributed by atoms with E-state index in [2.05, 4.69) is 66.0 Å². The first-order valence-electron chi connectivity index (χ1n) is 14.7. The van der Waals surface area contributed by atoms with Crippen LogP contribution in [0.1, 0.15) is 36.8 Å². The van der Waals surface area contributed by atoms with E-state index in [-0.39, 0.29) is 116 Å². The van der Waals surface area contributed by atoms with Crippen molar-refractivity contribution in [3.63, 3.8) is 0 Å². The fraction of sp³-hybridized carbons (Fsp3) is 0.786. The van der Waals surface area contributed by atoms with Crippen LogP contribution in [0.15, 0.2) is 24.3 Å². The Balaban J connectivity index is -0.000000321. The van der Waals surface area contributed by atoms with E-state index in [0.29, 0.717) is 0 Å². The van der Waals surface area contributed by atoms with Crippen molar-refractivity contribution in [3.8, 4) is 0 Å². The molecule has 278 valence electrons. The Bertz CT molecular complexity index is 595. The summed E-state index contributed by atoms with van der Waals surface area (Å²) in [5.74, 6) is 0. The molecular formula is C28H63BrCl8N8. The molecule has 0 saturated carbocycles. The van der Waals surface area contributed by atoms with Gasteiger partial charge in [0.2, 0.25) is 0 Å². The number of hydrogen-bond donors (Lipinski definition) is 6. The van der Waals surface area contributed by atoms with Gasteiger partial charge >= 0.3 is 0 Å². The van der Waals surface area contributed by atoms with E-state index >= 15 is 0 Å². The molecule has 0 radical (unpaired) electrons. The fourth-order valence-electron chi connectivity index (χ4n) is 4.92. The lowest BCUT2D eigenvalue weighted by atomic mass is 10.1. The average molecular weight is 875 g/mol. The molecule has 1 aromatic carbocycles. The van der Waals surface area contributed by atoms with E-state index in [1.165, 1.54) is 36.8 Å². The Morgan fingerprint density at radius 1 is 0.356 bits per heavy atom. The van der Waals surface area contributed by atoms with Gasteiger partial charge in [0.1, 0.15) is 0 Å². The molecule has 0 unspecified atom stereocenters. The molecule has 3 rings (SSSR count). The second-order valence-corrected chi connectivity index (χ2v) is 10.3. The lowest BCUT2D eigenvalue weighted by molar-refractivity contribution is 0.258. The molecule has 0 spiro atoms. The van der Waals surface area contributed by atoms with Gasteiger partial charge in [0.25, 0.3) is 0 Å². The zero-order valence-electron chi connectivity index (χ0n) is 26.4. The highest BCUT2D eigenvalue weighted by Crippen LogP contribution is 2.11. The van der Waals surface area contributed by atoms with Crippen LogP contribution < -0.4 is 31.9 Å². The van der Waals surface area contributed by atoms with E-state index in [1.54, 1.807) is 0 Å². The molecular weight excluding hydrogens is 812 g/mol. The Kier molecular flexibility index (Phi) is 60.1. The van der Waals surface area contributed by atoms with Crippen LogP contribution in [0.25, 0.3) is 0 Å². The first kappa shape index (κ1) is 61.9. The summed E-state index contributed by atoms with van der Waals surface area (Å²) in [5, 5.41) is 21.4. The molecule has 45 heavy (non-hydrogen) atoms. The van der Waals surface area contributed by atoms with Crippen molar-refractivity contribution in [1.29, 1.82) is 0 Å². The van der Waals surface area contributed by atoms with Crippen LogP contribution in [0.5, 0.6) is 0 Å². The topological polar surface area (TPSA) is 78.7 Å². The number of hydrogen-bond acceptors (Lipinski definition) is 8. The van der Waals surface area contributed by atoms with Crippen molar-refractivity contribution < 1.29 is 0 Å². The van der Waals surface area contributed by atoms with Crippen LogP contribution in [0.4, 0.5) is 0 Å². The summed E-state index contributed by atoms with van der Waals surface area (Å²) in [4.78, 5) is 5.23. The quantitative estimate of drug-likeness (QED) is 0.267. The molecule has 2 aliphatic heterocycles. The Morgan fingerprint density at radius 3 is 0.933 bits per heavy atom. The first-order valence-corrected chi connectivity index (χ1v) is 14.7. The SMILES string of the molecule is Br.Cl.Cl.Cl.Cl.Cl.Cl.Cl.Cl.c1cc(CN2CCCNCCNCCCNCC2)ccc1CN1CCCNCCNCCCNCC1. The second kappa shape index (κ2) is 43.7. The predicted molar refractivity (Wildman–Crippen MR) is 221 cm³/mol. The summed E-state index contributed by atoms with van der Waals surface area (Å²) in [6, 6.07) is 9.42. The number of halogens is 9. The molecule has 6 N–H and O–H groups in total. The van der Waals surface area contributed by atoms with Crippen LogP contribution in [-0.2, 0) is 13.1 Å². The summed E-state index contributed by atoms with van der Waals surface area (Å²) in [6.45, 7) is 19.6. The van der Waals surface area contributed by atoms with Gasteiger partial charge < -0.3 is 31.9 Å². The molecule has 0 amide bonds. The van der Waals surface area contributed by atoms with Crippen LogP contribution in [0.3, 0.4) is 0 Å². The van der Waals surface area contributed by atoms with Gasteiger partial charge in [0.15, 0.2) is 0 Å². The molecule has 0 aromatic heterocycles. The smallest absolute Gasteiger partial charge is 0.0234 e. The van der Waals surface area contributed by atoms with Crippen LogP contribution in [0.2, 0.25) is 0 Å². The number of nitrogens with zero attached hydrogens (tertiary/aromatic N) is 2. The molecule has 2 fully saturated rings. The van der Waals surface area contributed by atoms with Crippen molar-refractivity contribution in [1.82, 2.24) is 41.7 Å². The lowest BCUT2D eigenvalue weighted by Gasteiger charge is -2.24. The summed E-state index contributed by atoms with van der Waals surface area (Å²) in [5.41, 5.74) is 2.86. The van der Waals surface area contributed by atoms with Gasteiger partial charge in [-0.25, -0.2) is 0 Å². The Morgan fingerprint density at radius 2 is 0.622 bits per heavy atom. The lowest BCUT2D eigenvalue weighted by Crippen LogP contribution is -2.36. The predicted octanol–water partition coefficient (Wildman–Crippen LogP) is 4.37. The summed E-state index contributed by atoms with van der Waals surface area (Å²) < 4.78 is 0. The van der Waals surface area contributed by atoms with E-state index < -0.39 is 0 Å². The molecule has 8 nitrogen and oxygen atoms in total. The highest BCUT2D eigenvalue weighted by Gasteiger charge is 2.09. The maximum Gasteiger partial charge on any atom is 0.0234 e. The molecule has 17 heteroatoms. The van der Waals surface area contributed by atoms with E-state index in [4.69, 9.17) is 0 Å². The number of rotatable bonds is 4. The van der Waals surface area contributed by atoms with Crippen molar-refractivity contribution in [2.75, 3.05) is 105 Å². The summed E-state index contributed by atoms with van der Waals surface area (Å²) >= 11 is 0. The highest BCUT2D eigenvalue weighted by molar-refractivity contribution is 8.93. The molecule has 0 aliphatic carbocycles. The van der Waals surface area contributed by atoms with E-state index in [0.717, 1.165) is 118 Å². The molecule has 2 heterocycles. The van der Waals surface area contributed by atoms with Crippen LogP contribution in [-0.4, -0.2) is 115 Å². The van der Waals surface area contributed by atoms with Crippen molar-refractivity contribution in [2.24, 2.45) is 0 Å². The van der Waals surface area contributed by atoms with Gasteiger partial charge in [-0.1, -0.05) is 24.3 Å². The third kappa shape index (κ3) is 32.7. The standard InChI is InChI=1S/C28H54N8.BrH.8ClH/c1-9-29-15-17-31-13-3-21-35(23-19-33-11-1)25-27-5-7-28(8-6-27)26-36-22-4-14-32-18-16-30-10-2-12-34-20-24-36;;;;;;;;;/h5-8,29-34H,1-4,9-26H2;9*1H. The van der Waals surface area contributed by atoms with Crippen LogP contribution in [0, 0.1) is 0 Å².